The average Bonchev–Trinajstić information content (AvgIpc) is 2.56. The van der Waals surface area contributed by atoms with Crippen molar-refractivity contribution in [1.82, 2.24) is 9.55 Å². The van der Waals surface area contributed by atoms with Gasteiger partial charge in [0.15, 0.2) is 0 Å². The number of carbonyl (C=O) groups excluding carboxylic acids is 1. The van der Waals surface area contributed by atoms with E-state index in [0.717, 1.165) is 0 Å². The van der Waals surface area contributed by atoms with Crippen molar-refractivity contribution in [3.8, 4) is 0 Å². The molecule has 1 aromatic heterocycles. The monoisotopic (exact) mass is 256 g/mol. The third-order valence-electron chi connectivity index (χ3n) is 2.48. The van der Waals surface area contributed by atoms with E-state index in [9.17, 15) is 14.9 Å². The van der Waals surface area contributed by atoms with Crippen LogP contribution in [0.25, 0.3) is 0 Å². The number of nitro groups is 1. The maximum Gasteiger partial charge on any atom is 0.406 e. The maximum atomic E-state index is 11.4. The molecule has 0 atom stereocenters. The van der Waals surface area contributed by atoms with Gasteiger partial charge in [-0.1, -0.05) is 0 Å². The van der Waals surface area contributed by atoms with Gasteiger partial charge in [0.05, 0.1) is 6.61 Å². The number of aryl methyl sites for hydroxylation is 1. The van der Waals surface area contributed by atoms with Gasteiger partial charge in [0.2, 0.25) is 11.6 Å². The van der Waals surface area contributed by atoms with E-state index in [0.29, 0.717) is 5.82 Å². The summed E-state index contributed by atoms with van der Waals surface area (Å²) >= 11 is 0. The number of esters is 1. The zero-order valence-electron chi connectivity index (χ0n) is 10.8. The quantitative estimate of drug-likeness (QED) is 0.436. The summed E-state index contributed by atoms with van der Waals surface area (Å²) in [5.74, 6) is 0.0907. The van der Waals surface area contributed by atoms with Gasteiger partial charge in [0.1, 0.15) is 6.54 Å². The normalized spacial score (nSPS) is 10.2. The van der Waals surface area contributed by atoms with Crippen LogP contribution in [0, 0.1) is 17.0 Å². The molecule has 0 unspecified atom stereocenters. The Morgan fingerprint density at radius 3 is 2.72 bits per heavy atom. The van der Waals surface area contributed by atoms with Gasteiger partial charge in [0.25, 0.3) is 0 Å². The minimum atomic E-state index is -0.565. The SMILES string of the molecule is CCOC(=O)CN(C)c1c([N+](=O)[O-])nc(C)n1C. The highest BCUT2D eigenvalue weighted by molar-refractivity contribution is 5.76. The van der Waals surface area contributed by atoms with Crippen LogP contribution in [0.4, 0.5) is 11.6 Å². The smallest absolute Gasteiger partial charge is 0.406 e. The Hall–Kier alpha value is -2.12. The summed E-state index contributed by atoms with van der Waals surface area (Å²) in [5.41, 5.74) is 0. The molecule has 0 aliphatic carbocycles. The lowest BCUT2D eigenvalue weighted by Gasteiger charge is -2.17. The van der Waals surface area contributed by atoms with Gasteiger partial charge < -0.3 is 19.8 Å². The summed E-state index contributed by atoms with van der Waals surface area (Å²) < 4.78 is 6.37. The zero-order chi connectivity index (χ0) is 13.9. The molecule has 18 heavy (non-hydrogen) atoms. The highest BCUT2D eigenvalue weighted by Gasteiger charge is 2.27. The highest BCUT2D eigenvalue weighted by Crippen LogP contribution is 2.26. The van der Waals surface area contributed by atoms with Crippen molar-refractivity contribution in [2.75, 3.05) is 25.1 Å². The Bertz CT molecular complexity index is 469. The summed E-state index contributed by atoms with van der Waals surface area (Å²) in [6.45, 7) is 3.58. The number of ether oxygens (including phenoxy) is 1. The molecule has 8 nitrogen and oxygen atoms in total. The fourth-order valence-electron chi connectivity index (χ4n) is 1.61. The number of carbonyl (C=O) groups is 1. The van der Waals surface area contributed by atoms with Crippen LogP contribution < -0.4 is 4.90 Å². The molecule has 0 radical (unpaired) electrons. The lowest BCUT2D eigenvalue weighted by Crippen LogP contribution is -2.29. The van der Waals surface area contributed by atoms with E-state index < -0.39 is 10.9 Å². The molecule has 0 saturated carbocycles. The largest absolute Gasteiger partial charge is 0.465 e. The van der Waals surface area contributed by atoms with Gasteiger partial charge >= 0.3 is 11.8 Å². The molecule has 8 heteroatoms. The van der Waals surface area contributed by atoms with Crippen molar-refractivity contribution in [1.29, 1.82) is 0 Å². The summed E-state index contributed by atoms with van der Waals surface area (Å²) in [6, 6.07) is 0. The Labute approximate surface area is 104 Å². The predicted octanol–water partition coefficient (Wildman–Crippen LogP) is 0.636. The number of likely N-dealkylation sites (N-methyl/N-ethyl adjacent to an activating group) is 1. The molecule has 0 aliphatic heterocycles. The number of imidazole rings is 1. The molecule has 0 N–H and O–H groups in total. The van der Waals surface area contributed by atoms with Crippen LogP contribution in [0.15, 0.2) is 0 Å². The Morgan fingerprint density at radius 1 is 1.61 bits per heavy atom. The average molecular weight is 256 g/mol. The molecule has 1 aromatic rings. The molecule has 0 bridgehead atoms. The van der Waals surface area contributed by atoms with E-state index in [-0.39, 0.29) is 24.8 Å². The van der Waals surface area contributed by atoms with Crippen LogP contribution in [0.5, 0.6) is 0 Å². The minimum absolute atomic E-state index is 0.0619. The first-order chi connectivity index (χ1) is 8.38. The second-order valence-corrected chi connectivity index (χ2v) is 3.78. The molecule has 0 aromatic carbocycles. The lowest BCUT2D eigenvalue weighted by atomic mass is 10.5. The first-order valence-corrected chi connectivity index (χ1v) is 5.43. The van der Waals surface area contributed by atoms with Crippen molar-refractivity contribution < 1.29 is 14.5 Å². The molecular formula is C10H16N4O4. The maximum absolute atomic E-state index is 11.4. The van der Waals surface area contributed by atoms with Crippen LogP contribution in [-0.2, 0) is 16.6 Å². The van der Waals surface area contributed by atoms with Crippen LogP contribution >= 0.6 is 0 Å². The molecule has 0 saturated heterocycles. The van der Waals surface area contributed by atoms with Crippen LogP contribution in [-0.4, -0.2) is 40.6 Å². The number of rotatable bonds is 5. The standard InChI is InChI=1S/C10H16N4O4/c1-5-18-8(15)6-12(3)10-9(14(16)17)11-7(2)13(10)4/h5-6H2,1-4H3. The molecule has 0 aliphatic rings. The molecule has 0 amide bonds. The van der Waals surface area contributed by atoms with Crippen molar-refractivity contribution in [2.45, 2.75) is 13.8 Å². The topological polar surface area (TPSA) is 90.5 Å². The third-order valence-corrected chi connectivity index (χ3v) is 2.48. The predicted molar refractivity (Wildman–Crippen MR) is 64.5 cm³/mol. The fourth-order valence-corrected chi connectivity index (χ4v) is 1.61. The van der Waals surface area contributed by atoms with Gasteiger partial charge in [-0.25, -0.2) is 0 Å². The highest BCUT2D eigenvalue weighted by atomic mass is 16.6. The van der Waals surface area contributed by atoms with Crippen molar-refractivity contribution >= 4 is 17.6 Å². The molecule has 0 fully saturated rings. The number of hydrogen-bond acceptors (Lipinski definition) is 6. The summed E-state index contributed by atoms with van der Waals surface area (Å²) in [4.78, 5) is 27.0. The summed E-state index contributed by atoms with van der Waals surface area (Å²) in [5, 5.41) is 10.9. The van der Waals surface area contributed by atoms with E-state index in [4.69, 9.17) is 4.74 Å². The lowest BCUT2D eigenvalue weighted by molar-refractivity contribution is -0.388. The fraction of sp³-hybridized carbons (Fsp3) is 0.600. The van der Waals surface area contributed by atoms with Crippen LogP contribution in [0.3, 0.4) is 0 Å². The number of nitrogens with zero attached hydrogens (tertiary/aromatic N) is 4. The van der Waals surface area contributed by atoms with Crippen LogP contribution in [0.1, 0.15) is 12.7 Å². The molecular weight excluding hydrogens is 240 g/mol. The van der Waals surface area contributed by atoms with Crippen molar-refractivity contribution in [3.05, 3.63) is 15.9 Å². The van der Waals surface area contributed by atoms with Crippen molar-refractivity contribution in [3.63, 3.8) is 0 Å². The first kappa shape index (κ1) is 13.9. The molecule has 1 heterocycles. The van der Waals surface area contributed by atoms with E-state index in [1.807, 2.05) is 0 Å². The Morgan fingerprint density at radius 2 is 2.22 bits per heavy atom. The van der Waals surface area contributed by atoms with Crippen molar-refractivity contribution in [2.24, 2.45) is 7.05 Å². The van der Waals surface area contributed by atoms with E-state index >= 15 is 0 Å². The molecule has 0 spiro atoms. The number of hydrogen-bond donors (Lipinski definition) is 0. The van der Waals surface area contributed by atoms with E-state index in [1.165, 1.54) is 4.90 Å². The third kappa shape index (κ3) is 2.76. The summed E-state index contributed by atoms with van der Waals surface area (Å²) in [6.07, 6.45) is 0. The van der Waals surface area contributed by atoms with Gasteiger partial charge in [-0.2, -0.15) is 0 Å². The second-order valence-electron chi connectivity index (χ2n) is 3.78. The van der Waals surface area contributed by atoms with Gasteiger partial charge in [-0.3, -0.25) is 9.36 Å². The second kappa shape index (κ2) is 5.48. The summed E-state index contributed by atoms with van der Waals surface area (Å²) in [7, 11) is 3.24. The number of anilines is 1. The van der Waals surface area contributed by atoms with Gasteiger partial charge in [-0.05, 0) is 16.8 Å². The van der Waals surface area contributed by atoms with Crippen LogP contribution in [0.2, 0.25) is 0 Å². The van der Waals surface area contributed by atoms with Gasteiger partial charge in [0, 0.05) is 21.0 Å². The zero-order valence-corrected chi connectivity index (χ0v) is 10.8. The molecule has 100 valence electrons. The Balaban J connectivity index is 3.01. The minimum Gasteiger partial charge on any atom is -0.465 e. The molecule has 1 rings (SSSR count). The first-order valence-electron chi connectivity index (χ1n) is 5.43. The van der Waals surface area contributed by atoms with E-state index in [2.05, 4.69) is 4.98 Å². The number of aromatic nitrogens is 2. The van der Waals surface area contributed by atoms with E-state index in [1.54, 1.807) is 32.5 Å². The Kier molecular flexibility index (Phi) is 4.24. The van der Waals surface area contributed by atoms with Gasteiger partial charge in [-0.15, -0.1) is 0 Å².